The Labute approximate surface area is 93.8 Å². The Balaban J connectivity index is 2.00. The molecule has 6 heteroatoms. The molecule has 1 aromatic carbocycles. The lowest BCUT2D eigenvalue weighted by molar-refractivity contribution is -0.129. The number of thioether (sulfide) groups is 1. The highest BCUT2D eigenvalue weighted by molar-refractivity contribution is 7.99. The smallest absolute Gasteiger partial charge is 0.389 e. The molecule has 0 aliphatic heterocycles. The molecule has 0 N–H and O–H groups in total. The van der Waals surface area contributed by atoms with Gasteiger partial charge in [-0.3, -0.25) is 0 Å². The molecule has 1 heterocycles. The summed E-state index contributed by atoms with van der Waals surface area (Å²) in [4.78, 5) is 4.06. The molecule has 0 unspecified atom stereocenters. The van der Waals surface area contributed by atoms with Crippen molar-refractivity contribution >= 4 is 22.9 Å². The molecule has 2 aromatic rings. The first kappa shape index (κ1) is 11.3. The third-order valence-corrected chi connectivity index (χ3v) is 2.72. The van der Waals surface area contributed by atoms with Crippen molar-refractivity contribution in [2.45, 2.75) is 17.8 Å². The van der Waals surface area contributed by atoms with Crippen molar-refractivity contribution in [1.82, 2.24) is 4.98 Å². The lowest BCUT2D eigenvalue weighted by atomic mass is 10.3. The van der Waals surface area contributed by atoms with E-state index >= 15 is 0 Å². The zero-order valence-corrected chi connectivity index (χ0v) is 8.94. The number of rotatable bonds is 3. The second-order valence-corrected chi connectivity index (χ2v) is 4.21. The summed E-state index contributed by atoms with van der Waals surface area (Å²) in [6, 6.07) is 7.08. The first-order valence-electron chi connectivity index (χ1n) is 4.60. The third-order valence-electron chi connectivity index (χ3n) is 1.89. The highest BCUT2D eigenvalue weighted by Crippen LogP contribution is 2.27. The summed E-state index contributed by atoms with van der Waals surface area (Å²) in [6.07, 6.45) is -4.96. The number of fused-ring (bicyclic) bond motifs is 1. The van der Waals surface area contributed by atoms with Crippen LogP contribution in [0.3, 0.4) is 0 Å². The molecule has 0 spiro atoms. The number of alkyl halides is 3. The van der Waals surface area contributed by atoms with Crippen LogP contribution in [0, 0.1) is 0 Å². The van der Waals surface area contributed by atoms with Gasteiger partial charge in [-0.1, -0.05) is 23.9 Å². The predicted octanol–water partition coefficient (Wildman–Crippen LogP) is 3.87. The molecule has 1 aromatic heterocycles. The minimum atomic E-state index is -4.13. The lowest BCUT2D eigenvalue weighted by Gasteiger charge is -2.02. The van der Waals surface area contributed by atoms with Gasteiger partial charge >= 0.3 is 6.18 Å². The molecule has 0 saturated carbocycles. The molecule has 0 radical (unpaired) electrons. The van der Waals surface area contributed by atoms with Crippen molar-refractivity contribution in [3.8, 4) is 0 Å². The average molecular weight is 247 g/mol. The second-order valence-electron chi connectivity index (χ2n) is 3.16. The quantitative estimate of drug-likeness (QED) is 0.770. The van der Waals surface area contributed by atoms with Crippen molar-refractivity contribution in [1.29, 1.82) is 0 Å². The fourth-order valence-electron chi connectivity index (χ4n) is 1.17. The van der Waals surface area contributed by atoms with E-state index in [1.54, 1.807) is 24.3 Å². The van der Waals surface area contributed by atoms with E-state index < -0.39 is 12.6 Å². The Morgan fingerprint density at radius 2 is 2.00 bits per heavy atom. The van der Waals surface area contributed by atoms with Gasteiger partial charge in [0.2, 0.25) is 0 Å². The number of oxazole rings is 1. The molecule has 0 fully saturated rings. The molecule has 2 rings (SSSR count). The highest BCUT2D eigenvalue weighted by Gasteiger charge is 2.26. The Morgan fingerprint density at radius 1 is 1.25 bits per heavy atom. The maximum atomic E-state index is 11.9. The van der Waals surface area contributed by atoms with Gasteiger partial charge in [-0.2, -0.15) is 13.2 Å². The molecule has 0 amide bonds. The maximum absolute atomic E-state index is 11.9. The summed E-state index contributed by atoms with van der Waals surface area (Å²) < 4.78 is 41.0. The van der Waals surface area contributed by atoms with Gasteiger partial charge in [0.15, 0.2) is 5.58 Å². The highest BCUT2D eigenvalue weighted by atomic mass is 32.2. The molecule has 0 aliphatic rings. The first-order valence-corrected chi connectivity index (χ1v) is 5.58. The van der Waals surface area contributed by atoms with Gasteiger partial charge in [-0.05, 0) is 12.1 Å². The molecule has 16 heavy (non-hydrogen) atoms. The minimum Gasteiger partial charge on any atom is -0.431 e. The zero-order chi connectivity index (χ0) is 11.6. The van der Waals surface area contributed by atoms with Crippen LogP contribution in [0.15, 0.2) is 33.9 Å². The average Bonchev–Trinajstić information content (AvgIpc) is 2.57. The molecular weight excluding hydrogens is 239 g/mol. The fourth-order valence-corrected chi connectivity index (χ4v) is 1.99. The van der Waals surface area contributed by atoms with Gasteiger partial charge in [-0.15, -0.1) is 0 Å². The third kappa shape index (κ3) is 2.91. The Hall–Kier alpha value is -1.17. The first-order chi connectivity index (χ1) is 7.54. The van der Waals surface area contributed by atoms with E-state index in [9.17, 15) is 13.2 Å². The fraction of sp³-hybridized carbons (Fsp3) is 0.300. The molecule has 0 atom stereocenters. The number of benzene rings is 1. The number of halogens is 3. The minimum absolute atomic E-state index is 0.0731. The summed E-state index contributed by atoms with van der Waals surface area (Å²) in [5.74, 6) is -0.0731. The SMILES string of the molecule is FC(F)(F)CCSc1nc2ccccc2o1. The standard InChI is InChI=1S/C10H8F3NOS/c11-10(12,13)5-6-16-9-14-7-3-1-2-4-8(7)15-9/h1-4H,5-6H2. The number of nitrogens with zero attached hydrogens (tertiary/aromatic N) is 1. The van der Waals surface area contributed by atoms with Crippen LogP contribution in [0.25, 0.3) is 11.1 Å². The normalized spacial score (nSPS) is 12.2. The maximum Gasteiger partial charge on any atom is 0.389 e. The van der Waals surface area contributed by atoms with Crippen LogP contribution in [0.2, 0.25) is 0 Å². The lowest BCUT2D eigenvalue weighted by Crippen LogP contribution is -2.07. The van der Waals surface area contributed by atoms with Gasteiger partial charge in [-0.25, -0.2) is 4.98 Å². The monoisotopic (exact) mass is 247 g/mol. The van der Waals surface area contributed by atoms with E-state index in [0.29, 0.717) is 11.1 Å². The Morgan fingerprint density at radius 3 is 2.69 bits per heavy atom. The van der Waals surface area contributed by atoms with Crippen LogP contribution in [0.4, 0.5) is 13.2 Å². The number of hydrogen-bond donors (Lipinski definition) is 0. The summed E-state index contributed by atoms with van der Waals surface area (Å²) in [7, 11) is 0. The van der Waals surface area contributed by atoms with Gasteiger partial charge in [0.05, 0.1) is 6.42 Å². The zero-order valence-electron chi connectivity index (χ0n) is 8.12. The molecule has 0 bridgehead atoms. The summed E-state index contributed by atoms with van der Waals surface area (Å²) in [5.41, 5.74) is 1.26. The van der Waals surface area contributed by atoms with E-state index in [0.717, 1.165) is 11.8 Å². The van der Waals surface area contributed by atoms with E-state index in [2.05, 4.69) is 4.98 Å². The van der Waals surface area contributed by atoms with Gasteiger partial charge in [0, 0.05) is 5.75 Å². The van der Waals surface area contributed by atoms with Crippen molar-refractivity contribution < 1.29 is 17.6 Å². The summed E-state index contributed by atoms with van der Waals surface area (Å²) in [6.45, 7) is 0. The Bertz CT molecular complexity index is 447. The van der Waals surface area contributed by atoms with Crippen LogP contribution >= 0.6 is 11.8 Å². The molecule has 86 valence electrons. The van der Waals surface area contributed by atoms with E-state index in [1.807, 2.05) is 0 Å². The van der Waals surface area contributed by atoms with Crippen LogP contribution < -0.4 is 0 Å². The molecular formula is C10H8F3NOS. The van der Waals surface area contributed by atoms with Crippen molar-refractivity contribution in [2.24, 2.45) is 0 Å². The Kier molecular flexibility index (Phi) is 3.09. The van der Waals surface area contributed by atoms with Crippen LogP contribution in [-0.4, -0.2) is 16.9 Å². The summed E-state index contributed by atoms with van der Waals surface area (Å²) >= 11 is 0.975. The molecule has 0 saturated heterocycles. The van der Waals surface area contributed by atoms with E-state index in [1.165, 1.54) is 0 Å². The van der Waals surface area contributed by atoms with Crippen LogP contribution in [0.1, 0.15) is 6.42 Å². The number of para-hydroxylation sites is 2. The number of hydrogen-bond acceptors (Lipinski definition) is 3. The van der Waals surface area contributed by atoms with Crippen LogP contribution in [-0.2, 0) is 0 Å². The van der Waals surface area contributed by atoms with Crippen molar-refractivity contribution in [3.05, 3.63) is 24.3 Å². The van der Waals surface area contributed by atoms with Gasteiger partial charge in [0.1, 0.15) is 5.52 Å². The van der Waals surface area contributed by atoms with Crippen molar-refractivity contribution in [2.75, 3.05) is 5.75 Å². The molecule has 2 nitrogen and oxygen atoms in total. The van der Waals surface area contributed by atoms with E-state index in [4.69, 9.17) is 4.42 Å². The molecule has 0 aliphatic carbocycles. The second kappa shape index (κ2) is 4.37. The van der Waals surface area contributed by atoms with Gasteiger partial charge in [0.25, 0.3) is 5.22 Å². The van der Waals surface area contributed by atoms with E-state index in [-0.39, 0.29) is 11.0 Å². The van der Waals surface area contributed by atoms with Gasteiger partial charge < -0.3 is 4.42 Å². The topological polar surface area (TPSA) is 26.0 Å². The largest absolute Gasteiger partial charge is 0.431 e. The predicted molar refractivity (Wildman–Crippen MR) is 55.4 cm³/mol. The summed E-state index contributed by atoms with van der Waals surface area (Å²) in [5, 5.41) is 0.283. The van der Waals surface area contributed by atoms with Crippen molar-refractivity contribution in [3.63, 3.8) is 0 Å². The van der Waals surface area contributed by atoms with Crippen LogP contribution in [0.5, 0.6) is 0 Å². The number of aromatic nitrogens is 1.